The molecule has 0 saturated heterocycles. The van der Waals surface area contributed by atoms with Crippen molar-refractivity contribution in [3.63, 3.8) is 0 Å². The Morgan fingerprint density at radius 2 is 1.92 bits per heavy atom. The van der Waals surface area contributed by atoms with E-state index in [0.717, 1.165) is 17.7 Å². The van der Waals surface area contributed by atoms with E-state index in [4.69, 9.17) is 5.73 Å². The molecular formula is C20H22N4O. The topological polar surface area (TPSA) is 83.8 Å². The van der Waals surface area contributed by atoms with E-state index in [1.54, 1.807) is 0 Å². The first kappa shape index (κ1) is 16.8. The van der Waals surface area contributed by atoms with Gasteiger partial charge in [0.2, 0.25) is 5.95 Å². The van der Waals surface area contributed by atoms with Crippen molar-refractivity contribution >= 4 is 17.5 Å². The summed E-state index contributed by atoms with van der Waals surface area (Å²) in [5, 5.41) is 3.13. The van der Waals surface area contributed by atoms with E-state index in [2.05, 4.69) is 35.2 Å². The van der Waals surface area contributed by atoms with Crippen LogP contribution in [0.4, 0.5) is 17.5 Å². The average Bonchev–Trinajstić information content (AvgIpc) is 2.61. The minimum Gasteiger partial charge on any atom is -0.383 e. The van der Waals surface area contributed by atoms with Crippen LogP contribution in [0, 0.1) is 6.92 Å². The van der Waals surface area contributed by atoms with Crippen molar-refractivity contribution in [1.82, 2.24) is 9.97 Å². The number of aromatic amines is 1. The van der Waals surface area contributed by atoms with Crippen LogP contribution in [0.2, 0.25) is 0 Å². The molecule has 0 radical (unpaired) electrons. The summed E-state index contributed by atoms with van der Waals surface area (Å²) < 4.78 is 0. The summed E-state index contributed by atoms with van der Waals surface area (Å²) in [6.07, 6.45) is 1.41. The van der Waals surface area contributed by atoms with Crippen LogP contribution < -0.4 is 16.6 Å². The van der Waals surface area contributed by atoms with Gasteiger partial charge in [-0.2, -0.15) is 4.98 Å². The molecule has 0 spiro atoms. The van der Waals surface area contributed by atoms with Crippen molar-refractivity contribution in [1.29, 1.82) is 0 Å². The summed E-state index contributed by atoms with van der Waals surface area (Å²) in [6.45, 7) is 4.20. The lowest BCUT2D eigenvalue weighted by Crippen LogP contribution is -2.19. The van der Waals surface area contributed by atoms with Gasteiger partial charge in [-0.05, 0) is 42.2 Å². The van der Waals surface area contributed by atoms with Gasteiger partial charge in [0.25, 0.3) is 5.56 Å². The van der Waals surface area contributed by atoms with Gasteiger partial charge in [0.1, 0.15) is 5.82 Å². The number of anilines is 3. The van der Waals surface area contributed by atoms with Gasteiger partial charge in [-0.25, -0.2) is 0 Å². The van der Waals surface area contributed by atoms with Gasteiger partial charge in [0, 0.05) is 12.1 Å². The molecule has 0 unspecified atom stereocenters. The number of hydrogen-bond donors (Lipinski definition) is 3. The van der Waals surface area contributed by atoms with Crippen LogP contribution in [0.1, 0.15) is 29.2 Å². The molecule has 3 aromatic rings. The molecular weight excluding hydrogens is 312 g/mol. The Morgan fingerprint density at radius 1 is 1.16 bits per heavy atom. The molecule has 0 fully saturated rings. The molecule has 5 heteroatoms. The molecule has 5 nitrogen and oxygen atoms in total. The number of aryl methyl sites for hydroxylation is 2. The zero-order valence-electron chi connectivity index (χ0n) is 14.5. The molecule has 2 aromatic carbocycles. The third-order valence-corrected chi connectivity index (χ3v) is 4.26. The molecule has 25 heavy (non-hydrogen) atoms. The number of nitrogens with zero attached hydrogens (tertiary/aromatic N) is 1. The van der Waals surface area contributed by atoms with Crippen molar-refractivity contribution < 1.29 is 0 Å². The maximum absolute atomic E-state index is 12.4. The minimum atomic E-state index is -0.221. The first-order chi connectivity index (χ1) is 12.1. The molecule has 128 valence electrons. The smallest absolute Gasteiger partial charge is 0.257 e. The van der Waals surface area contributed by atoms with E-state index in [9.17, 15) is 4.79 Å². The highest BCUT2D eigenvalue weighted by molar-refractivity contribution is 5.57. The van der Waals surface area contributed by atoms with Crippen LogP contribution in [0.3, 0.4) is 0 Å². The Morgan fingerprint density at radius 3 is 2.60 bits per heavy atom. The van der Waals surface area contributed by atoms with Crippen LogP contribution in [0.5, 0.6) is 0 Å². The molecule has 0 amide bonds. The predicted molar refractivity (Wildman–Crippen MR) is 102 cm³/mol. The zero-order chi connectivity index (χ0) is 17.8. The normalized spacial score (nSPS) is 10.6. The van der Waals surface area contributed by atoms with E-state index in [-0.39, 0.29) is 11.4 Å². The first-order valence-electron chi connectivity index (χ1n) is 8.36. The second-order valence-electron chi connectivity index (χ2n) is 6.06. The van der Waals surface area contributed by atoms with E-state index < -0.39 is 0 Å². The highest BCUT2D eigenvalue weighted by atomic mass is 16.1. The summed E-state index contributed by atoms with van der Waals surface area (Å²) >= 11 is 0. The van der Waals surface area contributed by atoms with Crippen LogP contribution in [0.15, 0.2) is 53.3 Å². The highest BCUT2D eigenvalue weighted by Crippen LogP contribution is 2.19. The third kappa shape index (κ3) is 3.88. The fourth-order valence-corrected chi connectivity index (χ4v) is 2.81. The lowest BCUT2D eigenvalue weighted by molar-refractivity contribution is 1.04. The molecule has 1 heterocycles. The van der Waals surface area contributed by atoms with E-state index in [1.807, 2.05) is 42.5 Å². The SMILES string of the molecule is CCc1cc(Nc2nc(N)c(Cc3ccccc3)c(=O)[nH]2)ccc1C. The van der Waals surface area contributed by atoms with Crippen molar-refractivity contribution in [3.8, 4) is 0 Å². The van der Waals surface area contributed by atoms with Gasteiger partial charge < -0.3 is 11.1 Å². The molecule has 1 aromatic heterocycles. The second-order valence-corrected chi connectivity index (χ2v) is 6.06. The number of nitrogens with one attached hydrogen (secondary N) is 2. The number of H-pyrrole nitrogens is 1. The molecule has 0 bridgehead atoms. The molecule has 0 aliphatic carbocycles. The minimum absolute atomic E-state index is 0.221. The summed E-state index contributed by atoms with van der Waals surface area (Å²) in [4.78, 5) is 19.5. The highest BCUT2D eigenvalue weighted by Gasteiger charge is 2.10. The fourth-order valence-electron chi connectivity index (χ4n) is 2.81. The standard InChI is InChI=1S/C20H22N4O/c1-3-15-12-16(10-9-13(15)2)22-20-23-18(21)17(19(25)24-20)11-14-7-5-4-6-8-14/h4-10,12H,3,11H2,1-2H3,(H4,21,22,23,24,25). The van der Waals surface area contributed by atoms with Crippen LogP contribution in [-0.2, 0) is 12.8 Å². The average molecular weight is 334 g/mol. The quantitative estimate of drug-likeness (QED) is 0.666. The van der Waals surface area contributed by atoms with Crippen LogP contribution in [0.25, 0.3) is 0 Å². The van der Waals surface area contributed by atoms with E-state index in [0.29, 0.717) is 17.9 Å². The molecule has 4 N–H and O–H groups in total. The number of hydrogen-bond acceptors (Lipinski definition) is 4. The fraction of sp³-hybridized carbons (Fsp3) is 0.200. The molecule has 0 saturated carbocycles. The van der Waals surface area contributed by atoms with Gasteiger partial charge in [-0.15, -0.1) is 0 Å². The van der Waals surface area contributed by atoms with Crippen molar-refractivity contribution in [2.75, 3.05) is 11.1 Å². The number of nitrogen functional groups attached to an aromatic ring is 1. The molecule has 0 aliphatic heterocycles. The van der Waals surface area contributed by atoms with Crippen LogP contribution >= 0.6 is 0 Å². The van der Waals surface area contributed by atoms with Gasteiger partial charge in [-0.1, -0.05) is 43.3 Å². The maximum atomic E-state index is 12.4. The van der Waals surface area contributed by atoms with E-state index in [1.165, 1.54) is 11.1 Å². The summed E-state index contributed by atoms with van der Waals surface area (Å²) in [6, 6.07) is 15.8. The zero-order valence-corrected chi connectivity index (χ0v) is 14.5. The number of nitrogens with two attached hydrogens (primary N) is 1. The van der Waals surface area contributed by atoms with Gasteiger partial charge >= 0.3 is 0 Å². The number of aromatic nitrogens is 2. The first-order valence-corrected chi connectivity index (χ1v) is 8.36. The lowest BCUT2D eigenvalue weighted by atomic mass is 10.1. The largest absolute Gasteiger partial charge is 0.383 e. The predicted octanol–water partition coefficient (Wildman–Crippen LogP) is 3.56. The van der Waals surface area contributed by atoms with Gasteiger partial charge in [0.05, 0.1) is 5.56 Å². The van der Waals surface area contributed by atoms with Crippen molar-refractivity contribution in [2.24, 2.45) is 0 Å². The Balaban J connectivity index is 1.86. The Hall–Kier alpha value is -3.08. The monoisotopic (exact) mass is 334 g/mol. The summed E-state index contributed by atoms with van der Waals surface area (Å²) in [5.74, 6) is 0.600. The Labute approximate surface area is 146 Å². The summed E-state index contributed by atoms with van der Waals surface area (Å²) in [7, 11) is 0. The summed E-state index contributed by atoms with van der Waals surface area (Å²) in [5.41, 5.74) is 10.7. The molecule has 0 atom stereocenters. The second kappa shape index (κ2) is 7.21. The van der Waals surface area contributed by atoms with Crippen molar-refractivity contribution in [2.45, 2.75) is 26.7 Å². The maximum Gasteiger partial charge on any atom is 0.257 e. The van der Waals surface area contributed by atoms with E-state index >= 15 is 0 Å². The number of rotatable bonds is 5. The van der Waals surface area contributed by atoms with Gasteiger partial charge in [-0.3, -0.25) is 9.78 Å². The Kier molecular flexibility index (Phi) is 4.84. The lowest BCUT2D eigenvalue weighted by Gasteiger charge is -2.11. The Bertz CT molecular complexity index is 932. The molecule has 3 rings (SSSR count). The van der Waals surface area contributed by atoms with Gasteiger partial charge in [0.15, 0.2) is 0 Å². The van der Waals surface area contributed by atoms with Crippen LogP contribution in [-0.4, -0.2) is 9.97 Å². The number of benzene rings is 2. The molecule has 0 aliphatic rings. The van der Waals surface area contributed by atoms with Crippen molar-refractivity contribution in [3.05, 3.63) is 81.1 Å². The third-order valence-electron chi connectivity index (χ3n) is 4.26.